The maximum absolute atomic E-state index is 9.00. The molecule has 0 aromatic rings. The highest BCUT2D eigenvalue weighted by atomic mass is 16.3. The number of rotatable bonds is 1. The molecule has 1 N–H and O–H groups in total. The molecular formula is C8H18N2O. The number of likely N-dealkylation sites (N-methyl/N-ethyl adjacent to an activating group) is 2. The normalized spacial score (nSPS) is 36.0. The molecule has 11 heavy (non-hydrogen) atoms. The molecule has 0 bridgehead atoms. The van der Waals surface area contributed by atoms with Crippen molar-refractivity contribution in [2.75, 3.05) is 33.8 Å². The van der Waals surface area contributed by atoms with Crippen LogP contribution in [0.15, 0.2) is 0 Å². The van der Waals surface area contributed by atoms with Gasteiger partial charge >= 0.3 is 0 Å². The Morgan fingerprint density at radius 2 is 1.91 bits per heavy atom. The molecular weight excluding hydrogens is 140 g/mol. The molecule has 0 unspecified atom stereocenters. The van der Waals surface area contributed by atoms with Crippen molar-refractivity contribution in [2.45, 2.75) is 19.0 Å². The van der Waals surface area contributed by atoms with Crippen LogP contribution in [0.4, 0.5) is 0 Å². The summed E-state index contributed by atoms with van der Waals surface area (Å²) in [5.74, 6) is 0. The summed E-state index contributed by atoms with van der Waals surface area (Å²) in [6.07, 6.45) is 0. The predicted molar refractivity (Wildman–Crippen MR) is 45.6 cm³/mol. The lowest BCUT2D eigenvalue weighted by Crippen LogP contribution is -2.55. The fourth-order valence-electron chi connectivity index (χ4n) is 1.55. The minimum atomic E-state index is 0.271. The van der Waals surface area contributed by atoms with Gasteiger partial charge in [-0.3, -0.25) is 4.90 Å². The lowest BCUT2D eigenvalue weighted by Gasteiger charge is -2.41. The first-order valence-electron chi connectivity index (χ1n) is 4.16. The minimum absolute atomic E-state index is 0.271. The number of hydrogen-bond acceptors (Lipinski definition) is 3. The summed E-state index contributed by atoms with van der Waals surface area (Å²) in [6, 6.07) is 0.944. The Balaban J connectivity index is 2.48. The molecule has 0 spiro atoms. The van der Waals surface area contributed by atoms with Crippen molar-refractivity contribution in [3.05, 3.63) is 0 Å². The highest BCUT2D eigenvalue weighted by Gasteiger charge is 2.25. The molecule has 1 fully saturated rings. The highest BCUT2D eigenvalue weighted by molar-refractivity contribution is 4.82. The Morgan fingerprint density at radius 1 is 1.27 bits per heavy atom. The number of aliphatic hydroxyl groups excluding tert-OH is 1. The van der Waals surface area contributed by atoms with Crippen molar-refractivity contribution in [3.8, 4) is 0 Å². The lowest BCUT2D eigenvalue weighted by atomic mass is 10.1. The zero-order valence-electron chi connectivity index (χ0n) is 7.62. The Kier molecular flexibility index (Phi) is 2.87. The number of aliphatic hydroxyl groups is 1. The molecule has 0 aromatic carbocycles. The number of hydrogen-bond donors (Lipinski definition) is 1. The van der Waals surface area contributed by atoms with Crippen LogP contribution < -0.4 is 0 Å². The quantitative estimate of drug-likeness (QED) is 0.563. The maximum atomic E-state index is 9.00. The van der Waals surface area contributed by atoms with Gasteiger partial charge in [0.05, 0.1) is 6.61 Å². The molecule has 1 saturated heterocycles. The molecule has 2 atom stereocenters. The summed E-state index contributed by atoms with van der Waals surface area (Å²) < 4.78 is 0. The van der Waals surface area contributed by atoms with Gasteiger partial charge in [-0.25, -0.2) is 0 Å². The van der Waals surface area contributed by atoms with Crippen molar-refractivity contribution < 1.29 is 5.11 Å². The van der Waals surface area contributed by atoms with Gasteiger partial charge in [0, 0.05) is 25.2 Å². The van der Waals surface area contributed by atoms with Crippen LogP contribution in [-0.2, 0) is 0 Å². The number of piperazine rings is 1. The van der Waals surface area contributed by atoms with E-state index in [1.54, 1.807) is 0 Å². The molecule has 1 rings (SSSR count). The topological polar surface area (TPSA) is 26.7 Å². The fraction of sp³-hybridized carbons (Fsp3) is 1.00. The van der Waals surface area contributed by atoms with E-state index in [0.29, 0.717) is 12.1 Å². The van der Waals surface area contributed by atoms with Crippen LogP contribution >= 0.6 is 0 Å². The standard InChI is InChI=1S/C8H18N2O/c1-7-4-10(3)8(6-11)5-9(7)2/h7-8,11H,4-6H2,1-3H3/t7-,8-/m0/s1. The van der Waals surface area contributed by atoms with E-state index < -0.39 is 0 Å². The van der Waals surface area contributed by atoms with Gasteiger partial charge in [-0.1, -0.05) is 0 Å². The van der Waals surface area contributed by atoms with Gasteiger partial charge in [0.1, 0.15) is 0 Å². The van der Waals surface area contributed by atoms with Crippen LogP contribution in [0.5, 0.6) is 0 Å². The second kappa shape index (κ2) is 3.52. The molecule has 0 saturated carbocycles. The predicted octanol–water partition coefficient (Wildman–Crippen LogP) is -0.387. The SMILES string of the molecule is C[C@H]1CN(C)[C@H](CO)CN1C. The van der Waals surface area contributed by atoms with E-state index >= 15 is 0 Å². The van der Waals surface area contributed by atoms with Gasteiger partial charge in [0.15, 0.2) is 0 Å². The van der Waals surface area contributed by atoms with E-state index in [-0.39, 0.29) is 6.61 Å². The molecule has 66 valence electrons. The Labute approximate surface area is 68.6 Å². The van der Waals surface area contributed by atoms with Crippen LogP contribution in [0.2, 0.25) is 0 Å². The largest absolute Gasteiger partial charge is 0.395 e. The average Bonchev–Trinajstić information content (AvgIpc) is 1.97. The Morgan fingerprint density at radius 3 is 2.45 bits per heavy atom. The van der Waals surface area contributed by atoms with E-state index in [1.807, 2.05) is 0 Å². The molecule has 3 heteroatoms. The lowest BCUT2D eigenvalue weighted by molar-refractivity contribution is 0.0395. The third-order valence-electron chi connectivity index (χ3n) is 2.64. The zero-order chi connectivity index (χ0) is 8.43. The van der Waals surface area contributed by atoms with Gasteiger partial charge in [0.25, 0.3) is 0 Å². The van der Waals surface area contributed by atoms with E-state index in [0.717, 1.165) is 13.1 Å². The first-order valence-corrected chi connectivity index (χ1v) is 4.16. The van der Waals surface area contributed by atoms with Gasteiger partial charge in [-0.2, -0.15) is 0 Å². The monoisotopic (exact) mass is 158 g/mol. The van der Waals surface area contributed by atoms with E-state index in [1.165, 1.54) is 0 Å². The molecule has 0 amide bonds. The van der Waals surface area contributed by atoms with Crippen molar-refractivity contribution >= 4 is 0 Å². The molecule has 0 aliphatic carbocycles. The van der Waals surface area contributed by atoms with Crippen LogP contribution in [0.3, 0.4) is 0 Å². The van der Waals surface area contributed by atoms with E-state index in [2.05, 4.69) is 30.8 Å². The molecule has 3 nitrogen and oxygen atoms in total. The zero-order valence-corrected chi connectivity index (χ0v) is 7.62. The maximum Gasteiger partial charge on any atom is 0.0599 e. The van der Waals surface area contributed by atoms with E-state index in [4.69, 9.17) is 5.11 Å². The summed E-state index contributed by atoms with van der Waals surface area (Å²) in [6.45, 7) is 4.52. The summed E-state index contributed by atoms with van der Waals surface area (Å²) in [5.41, 5.74) is 0. The van der Waals surface area contributed by atoms with Crippen molar-refractivity contribution in [1.29, 1.82) is 0 Å². The summed E-state index contributed by atoms with van der Waals surface area (Å²) in [4.78, 5) is 4.52. The summed E-state index contributed by atoms with van der Waals surface area (Å²) in [5, 5.41) is 9.00. The molecule has 0 radical (unpaired) electrons. The molecule has 1 aliphatic heterocycles. The van der Waals surface area contributed by atoms with Crippen molar-refractivity contribution in [1.82, 2.24) is 9.80 Å². The van der Waals surface area contributed by atoms with Crippen LogP contribution in [-0.4, -0.2) is 60.8 Å². The smallest absolute Gasteiger partial charge is 0.0599 e. The number of nitrogens with zero attached hydrogens (tertiary/aromatic N) is 2. The highest BCUT2D eigenvalue weighted by Crippen LogP contribution is 2.10. The van der Waals surface area contributed by atoms with Crippen LogP contribution in [0.25, 0.3) is 0 Å². The van der Waals surface area contributed by atoms with Crippen LogP contribution in [0, 0.1) is 0 Å². The van der Waals surface area contributed by atoms with E-state index in [9.17, 15) is 0 Å². The Bertz CT molecular complexity index is 129. The second-order valence-corrected chi connectivity index (χ2v) is 3.56. The van der Waals surface area contributed by atoms with Gasteiger partial charge in [-0.05, 0) is 21.0 Å². The third kappa shape index (κ3) is 1.92. The fourth-order valence-corrected chi connectivity index (χ4v) is 1.55. The molecule has 1 aliphatic rings. The molecule has 1 heterocycles. The second-order valence-electron chi connectivity index (χ2n) is 3.56. The van der Waals surface area contributed by atoms with Gasteiger partial charge in [0.2, 0.25) is 0 Å². The Hall–Kier alpha value is -0.120. The van der Waals surface area contributed by atoms with Gasteiger partial charge in [-0.15, -0.1) is 0 Å². The van der Waals surface area contributed by atoms with Crippen molar-refractivity contribution in [2.24, 2.45) is 0 Å². The summed E-state index contributed by atoms with van der Waals surface area (Å²) >= 11 is 0. The minimum Gasteiger partial charge on any atom is -0.395 e. The first-order chi connectivity index (χ1) is 5.15. The first kappa shape index (κ1) is 8.97. The van der Waals surface area contributed by atoms with Gasteiger partial charge < -0.3 is 10.0 Å². The van der Waals surface area contributed by atoms with Crippen molar-refractivity contribution in [3.63, 3.8) is 0 Å². The third-order valence-corrected chi connectivity index (χ3v) is 2.64. The summed E-state index contributed by atoms with van der Waals surface area (Å²) in [7, 11) is 4.19. The molecule has 0 aromatic heterocycles. The average molecular weight is 158 g/mol. The van der Waals surface area contributed by atoms with Crippen LogP contribution in [0.1, 0.15) is 6.92 Å².